The van der Waals surface area contributed by atoms with Crippen molar-refractivity contribution in [1.82, 2.24) is 0 Å². The van der Waals surface area contributed by atoms with E-state index in [4.69, 9.17) is 18.9 Å². The van der Waals surface area contributed by atoms with Crippen LogP contribution in [0.4, 0.5) is 0 Å². The number of fused-ring (bicyclic) bond motifs is 1. The van der Waals surface area contributed by atoms with Gasteiger partial charge in [-0.05, 0) is 66.0 Å². The first-order chi connectivity index (χ1) is 15.0. The molecular weight excluding hydrogens is 428 g/mol. The van der Waals surface area contributed by atoms with E-state index in [-0.39, 0.29) is 19.3 Å². The molecule has 0 saturated heterocycles. The Bertz CT molecular complexity index is 907. The molecular formula is C25H36O8. The number of rotatable bonds is 6. The molecule has 1 aromatic rings. The van der Waals surface area contributed by atoms with Crippen molar-refractivity contribution in [2.75, 3.05) is 14.2 Å². The number of carboxylic acid groups (broad SMARTS) is 1. The molecule has 1 atom stereocenters. The predicted molar refractivity (Wildman–Crippen MR) is 122 cm³/mol. The summed E-state index contributed by atoms with van der Waals surface area (Å²) < 4.78 is 22.4. The van der Waals surface area contributed by atoms with Gasteiger partial charge in [0, 0.05) is 17.0 Å². The molecule has 0 aromatic heterocycles. The van der Waals surface area contributed by atoms with E-state index in [0.717, 1.165) is 0 Å². The molecule has 33 heavy (non-hydrogen) atoms. The first kappa shape index (κ1) is 26.5. The summed E-state index contributed by atoms with van der Waals surface area (Å²) in [4.78, 5) is 39.2. The Hall–Kier alpha value is -2.77. The Morgan fingerprint density at radius 2 is 1.45 bits per heavy atom. The van der Waals surface area contributed by atoms with Crippen LogP contribution < -0.4 is 9.47 Å². The highest BCUT2D eigenvalue weighted by atomic mass is 16.6. The number of esters is 2. The average molecular weight is 465 g/mol. The highest BCUT2D eigenvalue weighted by Crippen LogP contribution is 2.53. The lowest BCUT2D eigenvalue weighted by atomic mass is 9.58. The van der Waals surface area contributed by atoms with E-state index in [1.165, 1.54) is 14.2 Å². The largest absolute Gasteiger partial charge is 0.497 e. The molecule has 0 fully saturated rings. The third-order valence-electron chi connectivity index (χ3n) is 5.52. The molecule has 184 valence electrons. The monoisotopic (exact) mass is 464 g/mol. The van der Waals surface area contributed by atoms with Crippen molar-refractivity contribution < 1.29 is 38.4 Å². The van der Waals surface area contributed by atoms with E-state index in [1.54, 1.807) is 60.6 Å². The average Bonchev–Trinajstić information content (AvgIpc) is 2.62. The maximum atomic E-state index is 13.6. The number of aliphatic carboxylic acids is 1. The summed E-state index contributed by atoms with van der Waals surface area (Å²) in [7, 11) is 2.98. The Balaban J connectivity index is 2.83. The first-order valence-corrected chi connectivity index (χ1v) is 10.9. The maximum absolute atomic E-state index is 13.6. The summed E-state index contributed by atoms with van der Waals surface area (Å²) >= 11 is 0. The van der Waals surface area contributed by atoms with Crippen LogP contribution in [0.25, 0.3) is 0 Å². The molecule has 1 aliphatic carbocycles. The Morgan fingerprint density at radius 1 is 0.939 bits per heavy atom. The van der Waals surface area contributed by atoms with Crippen molar-refractivity contribution in [2.24, 2.45) is 5.41 Å². The van der Waals surface area contributed by atoms with E-state index in [1.807, 2.05) is 0 Å². The molecule has 8 nitrogen and oxygen atoms in total. The van der Waals surface area contributed by atoms with Crippen molar-refractivity contribution in [1.29, 1.82) is 0 Å². The van der Waals surface area contributed by atoms with E-state index < -0.39 is 39.9 Å². The van der Waals surface area contributed by atoms with Crippen LogP contribution in [0.15, 0.2) is 12.1 Å². The minimum Gasteiger partial charge on any atom is -0.497 e. The second-order valence-corrected chi connectivity index (χ2v) is 10.9. The van der Waals surface area contributed by atoms with Crippen molar-refractivity contribution in [3.8, 4) is 11.5 Å². The molecule has 1 aromatic carbocycles. The van der Waals surface area contributed by atoms with Crippen LogP contribution in [0.5, 0.6) is 11.5 Å². The lowest BCUT2D eigenvalue weighted by molar-refractivity contribution is -0.188. The van der Waals surface area contributed by atoms with Gasteiger partial charge in [-0.2, -0.15) is 0 Å². The van der Waals surface area contributed by atoms with E-state index in [9.17, 15) is 19.5 Å². The van der Waals surface area contributed by atoms with Crippen LogP contribution in [0.1, 0.15) is 72.4 Å². The zero-order valence-electron chi connectivity index (χ0n) is 21.1. The van der Waals surface area contributed by atoms with Crippen LogP contribution in [0, 0.1) is 5.41 Å². The molecule has 8 heteroatoms. The van der Waals surface area contributed by atoms with Crippen molar-refractivity contribution >= 4 is 17.9 Å². The number of carboxylic acids is 1. The Morgan fingerprint density at radius 3 is 1.85 bits per heavy atom. The molecule has 1 unspecified atom stereocenters. The van der Waals surface area contributed by atoms with E-state index >= 15 is 0 Å². The molecule has 0 aliphatic heterocycles. The summed E-state index contributed by atoms with van der Waals surface area (Å²) in [5, 5.41) is 9.74. The molecule has 0 radical (unpaired) electrons. The van der Waals surface area contributed by atoms with Gasteiger partial charge in [0.1, 0.15) is 22.7 Å². The van der Waals surface area contributed by atoms with Gasteiger partial charge in [-0.25, -0.2) is 0 Å². The number of methoxy groups -OCH3 is 2. The van der Waals surface area contributed by atoms with Gasteiger partial charge in [-0.3, -0.25) is 14.4 Å². The summed E-state index contributed by atoms with van der Waals surface area (Å²) in [5.41, 5.74) is -3.36. The Labute approximate surface area is 195 Å². The maximum Gasteiger partial charge on any atom is 0.324 e. The van der Waals surface area contributed by atoms with Crippen LogP contribution in [-0.4, -0.2) is 48.4 Å². The van der Waals surface area contributed by atoms with Crippen molar-refractivity contribution in [3.63, 3.8) is 0 Å². The third-order valence-corrected chi connectivity index (χ3v) is 5.52. The van der Waals surface area contributed by atoms with Gasteiger partial charge in [0.25, 0.3) is 0 Å². The molecule has 0 bridgehead atoms. The quantitative estimate of drug-likeness (QED) is 0.496. The number of carbonyl (C=O) groups is 3. The standard InChI is InChI=1S/C25H36O8/c1-22(2,3)32-20(28)25(21(29)33-23(4,5)6)12-15-10-16(30-8)11-17(31-9)19(15)24(7,14-25)13-18(26)27/h10-11H,12-14H2,1-9H3,(H,26,27). The van der Waals surface area contributed by atoms with Crippen LogP contribution in [0.2, 0.25) is 0 Å². The molecule has 0 heterocycles. The SMILES string of the molecule is COc1cc2c(c(OC)c1)C(C)(CC(=O)O)CC(C(=O)OC(C)(C)C)(C(=O)OC(C)(C)C)C2. The minimum absolute atomic E-state index is 0.0328. The van der Waals surface area contributed by atoms with E-state index in [0.29, 0.717) is 22.6 Å². The number of hydrogen-bond acceptors (Lipinski definition) is 7. The highest BCUT2D eigenvalue weighted by molar-refractivity contribution is 6.01. The number of benzene rings is 1. The topological polar surface area (TPSA) is 108 Å². The lowest BCUT2D eigenvalue weighted by Gasteiger charge is -2.45. The van der Waals surface area contributed by atoms with Gasteiger partial charge in [0.2, 0.25) is 0 Å². The predicted octanol–water partition coefficient (Wildman–Crippen LogP) is 4.05. The molecule has 1 N–H and O–H groups in total. The Kier molecular flexibility index (Phi) is 7.12. The molecule has 0 spiro atoms. The summed E-state index contributed by atoms with van der Waals surface area (Å²) in [6.45, 7) is 12.0. The van der Waals surface area contributed by atoms with Gasteiger partial charge < -0.3 is 24.1 Å². The van der Waals surface area contributed by atoms with Crippen molar-refractivity contribution in [2.45, 2.75) is 84.3 Å². The first-order valence-electron chi connectivity index (χ1n) is 10.9. The normalized spacial score (nSPS) is 19.8. The summed E-state index contributed by atoms with van der Waals surface area (Å²) in [6.07, 6.45) is -0.462. The van der Waals surface area contributed by atoms with Crippen LogP contribution in [0.3, 0.4) is 0 Å². The van der Waals surface area contributed by atoms with Crippen LogP contribution in [-0.2, 0) is 35.7 Å². The highest BCUT2D eigenvalue weighted by Gasteiger charge is 2.59. The van der Waals surface area contributed by atoms with E-state index in [2.05, 4.69) is 0 Å². The van der Waals surface area contributed by atoms with Crippen molar-refractivity contribution in [3.05, 3.63) is 23.3 Å². The second-order valence-electron chi connectivity index (χ2n) is 10.9. The third kappa shape index (κ3) is 5.78. The fourth-order valence-electron chi connectivity index (χ4n) is 4.50. The zero-order valence-corrected chi connectivity index (χ0v) is 21.1. The van der Waals surface area contributed by atoms with Gasteiger partial charge in [-0.15, -0.1) is 0 Å². The molecule has 0 amide bonds. The number of ether oxygens (including phenoxy) is 4. The molecule has 2 rings (SSSR count). The summed E-state index contributed by atoms with van der Waals surface area (Å²) in [6, 6.07) is 3.38. The van der Waals surface area contributed by atoms with Gasteiger partial charge in [-0.1, -0.05) is 6.92 Å². The van der Waals surface area contributed by atoms with Gasteiger partial charge in [0.05, 0.1) is 20.6 Å². The number of hydrogen-bond donors (Lipinski definition) is 1. The number of carbonyl (C=O) groups excluding carboxylic acids is 2. The molecule has 1 aliphatic rings. The van der Waals surface area contributed by atoms with Crippen LogP contribution >= 0.6 is 0 Å². The van der Waals surface area contributed by atoms with Gasteiger partial charge >= 0.3 is 17.9 Å². The van der Waals surface area contributed by atoms with Gasteiger partial charge in [0.15, 0.2) is 5.41 Å². The summed E-state index contributed by atoms with van der Waals surface area (Å²) in [5.74, 6) is -1.64. The fraction of sp³-hybridized carbons (Fsp3) is 0.640. The smallest absolute Gasteiger partial charge is 0.324 e. The zero-order chi connectivity index (χ0) is 25.4. The second kappa shape index (κ2) is 8.88. The minimum atomic E-state index is -1.74. The fourth-order valence-corrected chi connectivity index (χ4v) is 4.50. The lowest BCUT2D eigenvalue weighted by Crippen LogP contribution is -2.54. The molecule has 0 saturated carbocycles.